The lowest BCUT2D eigenvalue weighted by Crippen LogP contribution is -2.43. The molecule has 7 nitrogen and oxygen atoms in total. The van der Waals surface area contributed by atoms with E-state index in [0.717, 1.165) is 0 Å². The molecule has 1 aromatic heterocycles. The number of amides is 2. The molecular weight excluding hydrogens is 421 g/mol. The molecule has 0 aliphatic carbocycles. The van der Waals surface area contributed by atoms with Crippen molar-refractivity contribution in [1.29, 1.82) is 5.26 Å². The number of fused-ring (bicyclic) bond motifs is 1. The van der Waals surface area contributed by atoms with Gasteiger partial charge >= 0.3 is 0 Å². The molecule has 2 N–H and O–H groups in total. The van der Waals surface area contributed by atoms with Gasteiger partial charge in [-0.1, -0.05) is 32.4 Å². The number of hydrogen-bond donors (Lipinski definition) is 1. The molecule has 0 saturated heterocycles. The summed E-state index contributed by atoms with van der Waals surface area (Å²) in [6, 6.07) is 5.92. The van der Waals surface area contributed by atoms with Crippen LogP contribution in [-0.4, -0.2) is 33.0 Å². The molecule has 0 fully saturated rings. The number of nitrogens with zero attached hydrogens (tertiary/aromatic N) is 4. The van der Waals surface area contributed by atoms with Gasteiger partial charge < -0.3 is 10.6 Å². The fourth-order valence-electron chi connectivity index (χ4n) is 3.80. The van der Waals surface area contributed by atoms with Gasteiger partial charge in [0, 0.05) is 24.9 Å². The minimum Gasteiger partial charge on any atom is -0.365 e. The Morgan fingerprint density at radius 3 is 2.68 bits per heavy atom. The van der Waals surface area contributed by atoms with E-state index < -0.39 is 11.7 Å². The summed E-state index contributed by atoms with van der Waals surface area (Å²) in [5.41, 5.74) is 6.94. The van der Waals surface area contributed by atoms with Gasteiger partial charge in [-0.05, 0) is 30.0 Å². The summed E-state index contributed by atoms with van der Waals surface area (Å²) in [5, 5.41) is 13.6. The number of benzene rings is 1. The molecule has 1 aromatic carbocycles. The van der Waals surface area contributed by atoms with Crippen LogP contribution < -0.4 is 5.73 Å². The normalized spacial score (nSPS) is 16.0. The predicted molar refractivity (Wildman–Crippen MR) is 115 cm³/mol. The maximum atomic E-state index is 13.7. The predicted octanol–water partition coefficient (Wildman–Crippen LogP) is 4.06. The van der Waals surface area contributed by atoms with Crippen LogP contribution in [-0.2, 0) is 11.3 Å². The number of nitriles is 1. The van der Waals surface area contributed by atoms with Crippen molar-refractivity contribution in [2.45, 2.75) is 52.6 Å². The Bertz CT molecular complexity index is 1070. The Labute approximate surface area is 185 Å². The van der Waals surface area contributed by atoms with E-state index in [1.165, 1.54) is 18.2 Å². The highest BCUT2D eigenvalue weighted by molar-refractivity contribution is 6.31. The van der Waals surface area contributed by atoms with Crippen molar-refractivity contribution < 1.29 is 14.0 Å². The zero-order valence-electron chi connectivity index (χ0n) is 17.8. The van der Waals surface area contributed by atoms with Gasteiger partial charge in [-0.25, -0.2) is 4.39 Å². The average Bonchev–Trinajstić information content (AvgIpc) is 3.06. The molecule has 3 rings (SSSR count). The summed E-state index contributed by atoms with van der Waals surface area (Å²) >= 11 is 5.93. The lowest BCUT2D eigenvalue weighted by atomic mass is 9.91. The van der Waals surface area contributed by atoms with E-state index in [1.54, 1.807) is 9.58 Å². The largest absolute Gasteiger partial charge is 0.365 e. The highest BCUT2D eigenvalue weighted by atomic mass is 35.5. The second-order valence-corrected chi connectivity index (χ2v) is 9.38. The summed E-state index contributed by atoms with van der Waals surface area (Å²) in [7, 11) is 0. The molecule has 2 heterocycles. The number of nitrogens with two attached hydrogens (primary N) is 1. The Morgan fingerprint density at radius 1 is 1.39 bits per heavy atom. The van der Waals surface area contributed by atoms with Gasteiger partial charge in [-0.2, -0.15) is 10.4 Å². The Kier molecular flexibility index (Phi) is 6.37. The standard InChI is InChI=1S/C22H25ClFN5O2/c1-22(2,3)10-18(30)28-11-14(5-4-8-25)29-17(12-28)19(21(26)31)20(27-29)13-6-7-16(24)15(23)9-13/h6-7,9,14H,4-5,10-12H2,1-3H3,(H2,26,31). The molecule has 9 heteroatoms. The Hall–Kier alpha value is -2.92. The quantitative estimate of drug-likeness (QED) is 0.748. The van der Waals surface area contributed by atoms with Crippen LogP contribution in [0.1, 0.15) is 62.1 Å². The second kappa shape index (κ2) is 8.67. The molecule has 1 unspecified atom stereocenters. The number of carbonyl (C=O) groups excluding carboxylic acids is 2. The van der Waals surface area contributed by atoms with Crippen LogP contribution in [0.5, 0.6) is 0 Å². The van der Waals surface area contributed by atoms with Gasteiger partial charge in [0.1, 0.15) is 11.5 Å². The molecule has 0 radical (unpaired) electrons. The third kappa shape index (κ3) is 4.88. The van der Waals surface area contributed by atoms with Crippen molar-refractivity contribution in [1.82, 2.24) is 14.7 Å². The molecule has 0 saturated carbocycles. The lowest BCUT2D eigenvalue weighted by molar-refractivity contribution is -0.135. The van der Waals surface area contributed by atoms with Crippen molar-refractivity contribution in [3.8, 4) is 17.3 Å². The monoisotopic (exact) mass is 445 g/mol. The van der Waals surface area contributed by atoms with E-state index in [-0.39, 0.29) is 46.6 Å². The average molecular weight is 446 g/mol. The molecule has 0 bridgehead atoms. The number of aromatic nitrogens is 2. The van der Waals surface area contributed by atoms with Gasteiger partial charge in [-0.15, -0.1) is 0 Å². The zero-order valence-corrected chi connectivity index (χ0v) is 18.5. The van der Waals surface area contributed by atoms with Crippen LogP contribution >= 0.6 is 11.6 Å². The molecular formula is C22H25ClFN5O2. The first-order valence-electron chi connectivity index (χ1n) is 10.0. The molecule has 164 valence electrons. The van der Waals surface area contributed by atoms with E-state index in [9.17, 15) is 14.0 Å². The maximum Gasteiger partial charge on any atom is 0.252 e. The van der Waals surface area contributed by atoms with Crippen LogP contribution in [0.4, 0.5) is 4.39 Å². The van der Waals surface area contributed by atoms with E-state index in [4.69, 9.17) is 22.6 Å². The van der Waals surface area contributed by atoms with Crippen LogP contribution in [0.3, 0.4) is 0 Å². The van der Waals surface area contributed by atoms with Crippen molar-refractivity contribution in [3.05, 3.63) is 40.3 Å². The highest BCUT2D eigenvalue weighted by Crippen LogP contribution is 2.35. The van der Waals surface area contributed by atoms with Crippen molar-refractivity contribution >= 4 is 23.4 Å². The topological polar surface area (TPSA) is 105 Å². The molecule has 0 spiro atoms. The Morgan fingerprint density at radius 2 is 2.10 bits per heavy atom. The summed E-state index contributed by atoms with van der Waals surface area (Å²) in [5.74, 6) is -1.31. The lowest BCUT2D eigenvalue weighted by Gasteiger charge is -2.35. The highest BCUT2D eigenvalue weighted by Gasteiger charge is 2.35. The first-order valence-corrected chi connectivity index (χ1v) is 10.4. The molecule has 2 amide bonds. The summed E-state index contributed by atoms with van der Waals surface area (Å²) < 4.78 is 15.3. The van der Waals surface area contributed by atoms with Gasteiger partial charge in [-0.3, -0.25) is 14.3 Å². The number of hydrogen-bond acceptors (Lipinski definition) is 4. The SMILES string of the molecule is CC(C)(C)CC(=O)N1Cc2c(C(N)=O)c(-c3ccc(F)c(Cl)c3)nn2C(CCC#N)C1. The maximum absolute atomic E-state index is 13.7. The van der Waals surface area contributed by atoms with Gasteiger partial charge in [0.25, 0.3) is 5.91 Å². The van der Waals surface area contributed by atoms with Crippen LogP contribution in [0.25, 0.3) is 11.3 Å². The number of carbonyl (C=O) groups is 2. The van der Waals surface area contributed by atoms with E-state index in [0.29, 0.717) is 30.6 Å². The molecule has 31 heavy (non-hydrogen) atoms. The van der Waals surface area contributed by atoms with E-state index in [1.807, 2.05) is 20.8 Å². The first-order chi connectivity index (χ1) is 14.5. The van der Waals surface area contributed by atoms with Gasteiger partial charge in [0.2, 0.25) is 5.91 Å². The summed E-state index contributed by atoms with van der Waals surface area (Å²) in [6.07, 6.45) is 1.08. The van der Waals surface area contributed by atoms with Crippen LogP contribution in [0.2, 0.25) is 5.02 Å². The smallest absolute Gasteiger partial charge is 0.252 e. The fourth-order valence-corrected chi connectivity index (χ4v) is 3.99. The van der Waals surface area contributed by atoms with Crippen molar-refractivity contribution in [2.75, 3.05) is 6.54 Å². The van der Waals surface area contributed by atoms with Crippen LogP contribution in [0.15, 0.2) is 18.2 Å². The minimum atomic E-state index is -0.694. The van der Waals surface area contributed by atoms with Crippen molar-refractivity contribution in [2.24, 2.45) is 11.1 Å². The third-order valence-corrected chi connectivity index (χ3v) is 5.48. The summed E-state index contributed by atoms with van der Waals surface area (Å²) in [4.78, 5) is 27.0. The Balaban J connectivity index is 2.10. The molecule has 2 aromatic rings. The fraction of sp³-hybridized carbons (Fsp3) is 0.455. The molecule has 1 aliphatic heterocycles. The second-order valence-electron chi connectivity index (χ2n) is 8.97. The van der Waals surface area contributed by atoms with Crippen molar-refractivity contribution in [3.63, 3.8) is 0 Å². The number of rotatable bonds is 5. The van der Waals surface area contributed by atoms with Crippen LogP contribution in [0, 0.1) is 22.6 Å². The van der Waals surface area contributed by atoms with Gasteiger partial charge in [0.15, 0.2) is 0 Å². The molecule has 1 aliphatic rings. The minimum absolute atomic E-state index is 0.0382. The first kappa shape index (κ1) is 22.8. The number of halogens is 2. The molecule has 1 atom stereocenters. The third-order valence-electron chi connectivity index (χ3n) is 5.19. The van der Waals surface area contributed by atoms with E-state index in [2.05, 4.69) is 11.2 Å². The zero-order chi connectivity index (χ0) is 22.9. The summed E-state index contributed by atoms with van der Waals surface area (Å²) in [6.45, 7) is 6.51. The van der Waals surface area contributed by atoms with E-state index >= 15 is 0 Å². The number of primary amides is 1. The van der Waals surface area contributed by atoms with Gasteiger partial charge in [0.05, 0.1) is 34.9 Å².